The molecule has 0 aliphatic carbocycles. The highest BCUT2D eigenvalue weighted by molar-refractivity contribution is 9.10. The Balaban J connectivity index is 0.000000236. The van der Waals surface area contributed by atoms with Gasteiger partial charge in [-0.1, -0.05) is 50.9 Å². The molecule has 0 atom stereocenters. The zero-order valence-electron chi connectivity index (χ0n) is 36.3. The van der Waals surface area contributed by atoms with Crippen LogP contribution in [0.1, 0.15) is 62.3 Å². The standard InChI is InChI=1S/C24H31ClN6O2Si.C17H27BrN4O2Si/c1-24(2,3)29-23(32)17-13-31(15-33-9-10-34(4,5)6)22-20(17)28-18(11-26-22)21-19-8-7-16(25)12-30(19)14-27-21;1-17(2,3)21-16(23)12-10-22(11-24-7-8-25(4,5)6)15-14(12)20-13(18)9-19-15/h7-8,11-14H,9-10,15H2,1-6H3,(H,29,32);9-10H,7-8,11H2,1-6H3,(H,21,23). The molecule has 0 saturated carbocycles. The second kappa shape index (κ2) is 18.3. The number of fused-ring (bicyclic) bond motifs is 3. The van der Waals surface area contributed by atoms with Crippen molar-refractivity contribution in [3.63, 3.8) is 0 Å². The Labute approximate surface area is 362 Å². The molecular formula is C41H58BrClN10O4Si2. The van der Waals surface area contributed by atoms with Crippen LogP contribution in [0.25, 0.3) is 39.2 Å². The Morgan fingerprint density at radius 2 is 1.22 bits per heavy atom. The Hall–Kier alpha value is -4.01. The molecule has 0 aromatic carbocycles. The number of nitrogens with zero attached hydrogens (tertiary/aromatic N) is 8. The number of rotatable bonds is 13. The van der Waals surface area contributed by atoms with Crippen LogP contribution in [0.3, 0.4) is 0 Å². The quantitative estimate of drug-likeness (QED) is 0.0852. The molecule has 6 aromatic rings. The molecule has 0 fully saturated rings. The number of carbonyl (C=O) groups is 2. The molecule has 0 aliphatic rings. The number of nitrogens with one attached hydrogen (secondary N) is 2. The lowest BCUT2D eigenvalue weighted by Crippen LogP contribution is -2.40. The summed E-state index contributed by atoms with van der Waals surface area (Å²) in [7, 11) is -2.33. The minimum absolute atomic E-state index is 0.161. The van der Waals surface area contributed by atoms with Gasteiger partial charge in [-0.25, -0.2) is 24.9 Å². The number of imidazole rings is 1. The van der Waals surface area contributed by atoms with E-state index in [9.17, 15) is 9.59 Å². The lowest BCUT2D eigenvalue weighted by Gasteiger charge is -2.20. The summed E-state index contributed by atoms with van der Waals surface area (Å²) in [5.41, 5.74) is 4.71. The molecule has 18 heteroatoms. The third-order valence-corrected chi connectivity index (χ3v) is 12.8. The van der Waals surface area contributed by atoms with Gasteiger partial charge in [-0.05, 0) is 81.7 Å². The van der Waals surface area contributed by atoms with Gasteiger partial charge in [0.05, 0.1) is 34.1 Å². The minimum Gasteiger partial charge on any atom is -0.361 e. The first-order valence-corrected chi connectivity index (χ1v) is 28.3. The molecule has 0 aliphatic heterocycles. The molecule has 2 amide bonds. The van der Waals surface area contributed by atoms with E-state index in [2.05, 4.69) is 85.8 Å². The van der Waals surface area contributed by atoms with E-state index in [1.807, 2.05) is 67.2 Å². The fourth-order valence-electron chi connectivity index (χ4n) is 5.79. The molecule has 59 heavy (non-hydrogen) atoms. The number of aromatic nitrogens is 8. The van der Waals surface area contributed by atoms with Gasteiger partial charge in [-0.3, -0.25) is 9.59 Å². The van der Waals surface area contributed by atoms with Gasteiger partial charge < -0.3 is 33.6 Å². The monoisotopic (exact) mass is 924 g/mol. The average molecular weight is 927 g/mol. The van der Waals surface area contributed by atoms with Gasteiger partial charge in [0.25, 0.3) is 11.8 Å². The van der Waals surface area contributed by atoms with E-state index in [1.54, 1.807) is 37.3 Å². The first-order valence-electron chi connectivity index (χ1n) is 19.7. The summed E-state index contributed by atoms with van der Waals surface area (Å²) in [6.07, 6.45) is 10.3. The molecule has 0 bridgehead atoms. The molecule has 318 valence electrons. The van der Waals surface area contributed by atoms with E-state index >= 15 is 0 Å². The van der Waals surface area contributed by atoms with Crippen LogP contribution in [0.4, 0.5) is 0 Å². The third-order valence-electron chi connectivity index (χ3n) is 8.76. The SMILES string of the molecule is CC(C)(C)NC(=O)c1cn(COCC[Si](C)(C)C)c2ncc(-c3ncn4cc(Cl)ccc34)nc12.CC(C)(C)NC(=O)c1cn(COCC[Si](C)(C)C)c2ncc(Br)nc12. The predicted molar refractivity (Wildman–Crippen MR) is 245 cm³/mol. The van der Waals surface area contributed by atoms with Gasteiger partial charge in [-0.2, -0.15) is 0 Å². The maximum absolute atomic E-state index is 13.1. The highest BCUT2D eigenvalue weighted by atomic mass is 79.9. The Morgan fingerprint density at radius 1 is 0.729 bits per heavy atom. The van der Waals surface area contributed by atoms with Gasteiger partial charge in [0, 0.05) is 59.0 Å². The van der Waals surface area contributed by atoms with Crippen LogP contribution in [0.2, 0.25) is 56.4 Å². The Kier molecular flexibility index (Phi) is 14.3. The van der Waals surface area contributed by atoms with Crippen molar-refractivity contribution in [2.45, 2.75) is 117 Å². The van der Waals surface area contributed by atoms with E-state index in [1.165, 1.54) is 0 Å². The van der Waals surface area contributed by atoms with Crippen LogP contribution in [-0.4, -0.2) is 90.7 Å². The zero-order chi connectivity index (χ0) is 43.5. The van der Waals surface area contributed by atoms with Gasteiger partial charge >= 0.3 is 0 Å². The van der Waals surface area contributed by atoms with Crippen molar-refractivity contribution in [3.05, 3.63) is 70.2 Å². The van der Waals surface area contributed by atoms with Crippen molar-refractivity contribution in [2.24, 2.45) is 0 Å². The molecule has 6 rings (SSSR count). The van der Waals surface area contributed by atoms with Crippen molar-refractivity contribution in [1.29, 1.82) is 0 Å². The van der Waals surface area contributed by atoms with Crippen LogP contribution < -0.4 is 10.6 Å². The molecule has 6 aromatic heterocycles. The Bertz CT molecular complexity index is 2440. The third kappa shape index (κ3) is 13.0. The van der Waals surface area contributed by atoms with Crippen molar-refractivity contribution in [1.82, 2.24) is 49.1 Å². The van der Waals surface area contributed by atoms with Crippen molar-refractivity contribution in [2.75, 3.05) is 13.2 Å². The summed E-state index contributed by atoms with van der Waals surface area (Å²) in [6, 6.07) is 5.86. The molecule has 2 N–H and O–H groups in total. The number of halogens is 2. The molecule has 0 saturated heterocycles. The van der Waals surface area contributed by atoms with E-state index in [-0.39, 0.29) is 22.9 Å². The van der Waals surface area contributed by atoms with E-state index in [0.29, 0.717) is 81.1 Å². The zero-order valence-corrected chi connectivity index (χ0v) is 40.7. The summed E-state index contributed by atoms with van der Waals surface area (Å²) < 4.78 is 17.9. The normalized spacial score (nSPS) is 12.6. The molecule has 0 radical (unpaired) electrons. The fourth-order valence-corrected chi connectivity index (χ4v) is 7.76. The maximum Gasteiger partial charge on any atom is 0.255 e. The maximum atomic E-state index is 13.1. The summed E-state index contributed by atoms with van der Waals surface area (Å²) in [5.74, 6) is -0.364. The summed E-state index contributed by atoms with van der Waals surface area (Å²) in [6.45, 7) is 27.7. The van der Waals surface area contributed by atoms with Crippen molar-refractivity contribution in [3.8, 4) is 11.4 Å². The van der Waals surface area contributed by atoms with Crippen LogP contribution >= 0.6 is 27.5 Å². The van der Waals surface area contributed by atoms with E-state index < -0.39 is 16.1 Å². The number of amides is 2. The van der Waals surface area contributed by atoms with Crippen LogP contribution in [-0.2, 0) is 22.9 Å². The largest absolute Gasteiger partial charge is 0.361 e. The van der Waals surface area contributed by atoms with Gasteiger partial charge in [0.15, 0.2) is 11.3 Å². The second-order valence-electron chi connectivity index (χ2n) is 19.2. The Morgan fingerprint density at radius 3 is 1.71 bits per heavy atom. The average Bonchev–Trinajstić information content (AvgIpc) is 3.79. The molecule has 0 unspecified atom stereocenters. The minimum atomic E-state index is -1.20. The number of carbonyl (C=O) groups excluding carboxylic acids is 2. The molecule has 14 nitrogen and oxygen atoms in total. The van der Waals surface area contributed by atoms with Crippen LogP contribution in [0.15, 0.2) is 54.0 Å². The van der Waals surface area contributed by atoms with Crippen molar-refractivity contribution < 1.29 is 19.1 Å². The first-order chi connectivity index (χ1) is 27.4. The van der Waals surface area contributed by atoms with Gasteiger partial charge in [0.2, 0.25) is 0 Å². The second-order valence-corrected chi connectivity index (χ2v) is 31.6. The topological polar surface area (TPSA) is 155 Å². The van der Waals surface area contributed by atoms with Gasteiger partial charge in [0.1, 0.15) is 46.8 Å². The summed E-state index contributed by atoms with van der Waals surface area (Å²) >= 11 is 9.44. The summed E-state index contributed by atoms with van der Waals surface area (Å²) in [4.78, 5) is 48.6. The lowest BCUT2D eigenvalue weighted by atomic mass is 10.1. The number of hydrogen-bond donors (Lipinski definition) is 2. The lowest BCUT2D eigenvalue weighted by molar-refractivity contribution is 0.0879. The van der Waals surface area contributed by atoms with Crippen LogP contribution in [0.5, 0.6) is 0 Å². The fraction of sp³-hybridized carbons (Fsp3) is 0.488. The molecule has 6 heterocycles. The highest BCUT2D eigenvalue weighted by Crippen LogP contribution is 2.27. The molecule has 0 spiro atoms. The van der Waals surface area contributed by atoms with Crippen molar-refractivity contribution >= 4 is 83.3 Å². The predicted octanol–water partition coefficient (Wildman–Crippen LogP) is 9.27. The van der Waals surface area contributed by atoms with Gasteiger partial charge in [-0.15, -0.1) is 0 Å². The molecular weight excluding hydrogens is 868 g/mol. The highest BCUT2D eigenvalue weighted by Gasteiger charge is 2.24. The number of ether oxygens (including phenoxy) is 2. The number of hydrogen-bond acceptors (Lipinski definition) is 9. The summed E-state index contributed by atoms with van der Waals surface area (Å²) in [5, 5.41) is 6.62. The van der Waals surface area contributed by atoms with E-state index in [4.69, 9.17) is 26.1 Å². The van der Waals surface area contributed by atoms with Crippen LogP contribution in [0, 0.1) is 0 Å². The number of pyridine rings is 1. The van der Waals surface area contributed by atoms with E-state index in [0.717, 1.165) is 17.6 Å². The smallest absolute Gasteiger partial charge is 0.255 e. The first kappa shape index (κ1) is 46.1.